The molecule has 1 aromatic heterocycles. The fourth-order valence-electron chi connectivity index (χ4n) is 2.41. The molecular formula is C18H13FN2O5S. The van der Waals surface area contributed by atoms with Crippen molar-refractivity contribution in [1.29, 1.82) is 0 Å². The van der Waals surface area contributed by atoms with Crippen LogP contribution in [0.5, 0.6) is 0 Å². The third kappa shape index (κ3) is 4.09. The van der Waals surface area contributed by atoms with Crippen LogP contribution in [0.4, 0.5) is 15.8 Å². The van der Waals surface area contributed by atoms with Gasteiger partial charge in [-0.15, -0.1) is 11.3 Å². The van der Waals surface area contributed by atoms with E-state index in [9.17, 15) is 24.1 Å². The summed E-state index contributed by atoms with van der Waals surface area (Å²) in [5.74, 6) is -1.95. The molecule has 0 aliphatic carbocycles. The quantitative estimate of drug-likeness (QED) is 0.404. The fraction of sp³-hybridized carbons (Fsp3) is 0.111. The van der Waals surface area contributed by atoms with Gasteiger partial charge in [-0.05, 0) is 36.8 Å². The van der Waals surface area contributed by atoms with E-state index in [0.717, 1.165) is 11.3 Å². The Kier molecular flexibility index (Phi) is 5.13. The summed E-state index contributed by atoms with van der Waals surface area (Å²) in [7, 11) is 0. The highest BCUT2D eigenvalue weighted by atomic mass is 32.1. The van der Waals surface area contributed by atoms with Crippen molar-refractivity contribution < 1.29 is 23.6 Å². The van der Waals surface area contributed by atoms with Crippen LogP contribution in [0.3, 0.4) is 0 Å². The lowest BCUT2D eigenvalue weighted by Gasteiger charge is -2.07. The molecule has 0 spiro atoms. The number of esters is 1. The Morgan fingerprint density at radius 3 is 2.74 bits per heavy atom. The Bertz CT molecular complexity index is 1060. The van der Waals surface area contributed by atoms with Gasteiger partial charge in [-0.3, -0.25) is 14.9 Å². The highest BCUT2D eigenvalue weighted by Crippen LogP contribution is 2.28. The number of amides is 1. The van der Waals surface area contributed by atoms with Crippen molar-refractivity contribution in [2.45, 2.75) is 6.92 Å². The number of thiophene rings is 1. The van der Waals surface area contributed by atoms with Crippen molar-refractivity contribution in [2.24, 2.45) is 0 Å². The van der Waals surface area contributed by atoms with Crippen molar-refractivity contribution >= 4 is 44.7 Å². The van der Waals surface area contributed by atoms with Gasteiger partial charge < -0.3 is 10.1 Å². The van der Waals surface area contributed by atoms with Crippen LogP contribution < -0.4 is 5.32 Å². The molecule has 0 bridgehead atoms. The minimum absolute atomic E-state index is 0.00980. The Balaban J connectivity index is 1.66. The average molecular weight is 388 g/mol. The molecule has 0 radical (unpaired) electrons. The molecule has 0 fully saturated rings. The van der Waals surface area contributed by atoms with Crippen molar-refractivity contribution in [3.8, 4) is 0 Å². The number of rotatable bonds is 5. The van der Waals surface area contributed by atoms with E-state index in [0.29, 0.717) is 15.6 Å². The second-order valence-electron chi connectivity index (χ2n) is 5.66. The van der Waals surface area contributed by atoms with E-state index >= 15 is 0 Å². The van der Waals surface area contributed by atoms with Gasteiger partial charge in [0.2, 0.25) is 0 Å². The lowest BCUT2D eigenvalue weighted by molar-refractivity contribution is -0.384. The molecule has 0 aliphatic heterocycles. The number of hydrogen-bond donors (Lipinski definition) is 1. The lowest BCUT2D eigenvalue weighted by atomic mass is 10.2. The summed E-state index contributed by atoms with van der Waals surface area (Å²) in [5.41, 5.74) is 0.424. The molecular weight excluding hydrogens is 375 g/mol. The molecule has 2 aromatic carbocycles. The summed E-state index contributed by atoms with van der Waals surface area (Å²) in [4.78, 5) is 34.7. The number of nitro groups is 1. The number of benzene rings is 2. The zero-order valence-electron chi connectivity index (χ0n) is 14.0. The van der Waals surface area contributed by atoms with Crippen molar-refractivity contribution in [1.82, 2.24) is 0 Å². The Hall–Kier alpha value is -3.33. The SMILES string of the molecule is Cc1ccc(NC(=O)COC(=O)c2cc3c(F)cccc3s2)c([N+](=O)[O-])c1. The van der Waals surface area contributed by atoms with E-state index in [1.807, 2.05) is 0 Å². The number of aryl methyl sites for hydroxylation is 1. The normalized spacial score (nSPS) is 10.6. The number of nitro benzene ring substituents is 1. The zero-order valence-corrected chi connectivity index (χ0v) is 14.8. The second-order valence-corrected chi connectivity index (χ2v) is 6.75. The van der Waals surface area contributed by atoms with Crippen molar-refractivity contribution in [3.05, 3.63) is 68.8 Å². The number of anilines is 1. The van der Waals surface area contributed by atoms with E-state index in [2.05, 4.69) is 5.32 Å². The summed E-state index contributed by atoms with van der Waals surface area (Å²) in [6.45, 7) is 1.06. The molecule has 0 unspecified atom stereocenters. The number of nitrogens with zero attached hydrogens (tertiary/aromatic N) is 1. The van der Waals surface area contributed by atoms with Gasteiger partial charge in [-0.1, -0.05) is 12.1 Å². The van der Waals surface area contributed by atoms with Crippen LogP contribution in [0.25, 0.3) is 10.1 Å². The molecule has 27 heavy (non-hydrogen) atoms. The minimum atomic E-state index is -0.774. The first-order chi connectivity index (χ1) is 12.8. The predicted molar refractivity (Wildman–Crippen MR) is 98.5 cm³/mol. The van der Waals surface area contributed by atoms with Crippen LogP contribution in [0.15, 0.2) is 42.5 Å². The highest BCUT2D eigenvalue weighted by molar-refractivity contribution is 7.20. The van der Waals surface area contributed by atoms with Crippen LogP contribution in [-0.2, 0) is 9.53 Å². The Labute approximate surface area is 156 Å². The van der Waals surface area contributed by atoms with E-state index < -0.39 is 29.2 Å². The van der Waals surface area contributed by atoms with Gasteiger partial charge in [0.15, 0.2) is 6.61 Å². The number of hydrogen-bond acceptors (Lipinski definition) is 6. The van der Waals surface area contributed by atoms with E-state index in [1.165, 1.54) is 30.3 Å². The first-order valence-electron chi connectivity index (χ1n) is 7.75. The van der Waals surface area contributed by atoms with Gasteiger partial charge in [-0.2, -0.15) is 0 Å². The summed E-state index contributed by atoms with van der Waals surface area (Å²) in [5, 5.41) is 13.7. The molecule has 1 amide bonds. The first-order valence-corrected chi connectivity index (χ1v) is 8.57. The predicted octanol–water partition coefficient (Wildman–Crippen LogP) is 4.05. The standard InChI is InChI=1S/C18H13FN2O5S/c1-10-5-6-13(14(7-10)21(24)25)20-17(22)9-26-18(23)16-8-11-12(19)3-2-4-15(11)27-16/h2-8H,9H2,1H3,(H,20,22). The minimum Gasteiger partial charge on any atom is -0.451 e. The summed E-state index contributed by atoms with van der Waals surface area (Å²) in [6, 6.07) is 10.2. The van der Waals surface area contributed by atoms with Gasteiger partial charge in [0, 0.05) is 16.2 Å². The van der Waals surface area contributed by atoms with Crippen LogP contribution in [-0.4, -0.2) is 23.4 Å². The Morgan fingerprint density at radius 1 is 1.26 bits per heavy atom. The number of halogens is 1. The smallest absolute Gasteiger partial charge is 0.348 e. The molecule has 138 valence electrons. The third-order valence-electron chi connectivity index (χ3n) is 3.67. The molecule has 3 aromatic rings. The molecule has 1 heterocycles. The molecule has 0 saturated heterocycles. The number of fused-ring (bicyclic) bond motifs is 1. The molecule has 7 nitrogen and oxygen atoms in total. The maximum absolute atomic E-state index is 13.7. The van der Waals surface area contributed by atoms with E-state index in [1.54, 1.807) is 19.1 Å². The van der Waals surface area contributed by atoms with Gasteiger partial charge in [0.05, 0.1) is 4.92 Å². The van der Waals surface area contributed by atoms with Gasteiger partial charge in [-0.25, -0.2) is 9.18 Å². The van der Waals surface area contributed by atoms with Crippen LogP contribution >= 0.6 is 11.3 Å². The topological polar surface area (TPSA) is 98.5 Å². The summed E-state index contributed by atoms with van der Waals surface area (Å²) in [6.07, 6.45) is 0. The van der Waals surface area contributed by atoms with Crippen LogP contribution in [0, 0.1) is 22.9 Å². The lowest BCUT2D eigenvalue weighted by Crippen LogP contribution is -2.21. The van der Waals surface area contributed by atoms with Gasteiger partial charge in [0.1, 0.15) is 16.4 Å². The third-order valence-corrected chi connectivity index (χ3v) is 4.75. The number of carbonyl (C=O) groups is 2. The summed E-state index contributed by atoms with van der Waals surface area (Å²) >= 11 is 1.05. The van der Waals surface area contributed by atoms with E-state index in [-0.39, 0.29) is 16.3 Å². The number of ether oxygens (including phenoxy) is 1. The van der Waals surface area contributed by atoms with Crippen LogP contribution in [0.2, 0.25) is 0 Å². The monoisotopic (exact) mass is 388 g/mol. The number of carbonyl (C=O) groups excluding carboxylic acids is 2. The maximum atomic E-state index is 13.7. The second kappa shape index (κ2) is 7.50. The molecule has 0 atom stereocenters. The van der Waals surface area contributed by atoms with Gasteiger partial charge in [0.25, 0.3) is 11.6 Å². The van der Waals surface area contributed by atoms with Crippen LogP contribution in [0.1, 0.15) is 15.2 Å². The highest BCUT2D eigenvalue weighted by Gasteiger charge is 2.18. The number of nitrogens with one attached hydrogen (secondary N) is 1. The van der Waals surface area contributed by atoms with Gasteiger partial charge >= 0.3 is 5.97 Å². The van der Waals surface area contributed by atoms with Crippen molar-refractivity contribution in [3.63, 3.8) is 0 Å². The molecule has 3 rings (SSSR count). The Morgan fingerprint density at radius 2 is 2.04 bits per heavy atom. The molecule has 1 N–H and O–H groups in total. The van der Waals surface area contributed by atoms with Crippen molar-refractivity contribution in [2.75, 3.05) is 11.9 Å². The molecule has 9 heteroatoms. The largest absolute Gasteiger partial charge is 0.451 e. The fourth-order valence-corrected chi connectivity index (χ4v) is 3.38. The molecule has 0 aliphatic rings. The average Bonchev–Trinajstić information content (AvgIpc) is 3.07. The van der Waals surface area contributed by atoms with E-state index in [4.69, 9.17) is 4.74 Å². The molecule has 0 saturated carbocycles. The first kappa shape index (κ1) is 18.5. The zero-order chi connectivity index (χ0) is 19.6. The maximum Gasteiger partial charge on any atom is 0.348 e. The summed E-state index contributed by atoms with van der Waals surface area (Å²) < 4.78 is 19.2.